The van der Waals surface area contributed by atoms with Crippen LogP contribution in [0, 0.1) is 0 Å². The molecule has 4 nitrogen and oxygen atoms in total. The van der Waals surface area contributed by atoms with Crippen molar-refractivity contribution in [2.75, 3.05) is 6.54 Å². The Labute approximate surface area is 110 Å². The first kappa shape index (κ1) is 12.5. The zero-order chi connectivity index (χ0) is 13.0. The van der Waals surface area contributed by atoms with Crippen molar-refractivity contribution >= 4 is 28.5 Å². The molecule has 0 saturated heterocycles. The summed E-state index contributed by atoms with van der Waals surface area (Å²) in [7, 11) is 0. The predicted octanol–water partition coefficient (Wildman–Crippen LogP) is 2.13. The molecule has 0 saturated carbocycles. The quantitative estimate of drug-likeness (QED) is 0.858. The first-order valence-corrected chi connectivity index (χ1v) is 5.87. The average molecular weight is 262 g/mol. The van der Waals surface area contributed by atoms with E-state index in [1.807, 2.05) is 24.3 Å². The topological polar surface area (TPSA) is 54.9 Å². The van der Waals surface area contributed by atoms with Gasteiger partial charge in [-0.15, -0.1) is 6.58 Å². The Morgan fingerprint density at radius 2 is 2.00 bits per heavy atom. The number of nitrogens with zero attached hydrogens (tertiary/aromatic N) is 2. The van der Waals surface area contributed by atoms with Crippen LogP contribution in [0.2, 0.25) is 5.15 Å². The van der Waals surface area contributed by atoms with Gasteiger partial charge in [-0.3, -0.25) is 4.79 Å². The number of nitrogens with one attached hydrogen (secondary N) is 1. The normalized spacial score (nSPS) is 10.3. The number of amides is 1. The number of carbonyl (C=O) groups is 1. The standard InChI is InChI=1S/C13H12ClN3O/c1-2-7-15-12(18)8-11-13(14)17-10-6-4-3-5-9(10)16-11/h2-6H,1,7-8H2,(H,15,18). The molecule has 0 fully saturated rings. The van der Waals surface area contributed by atoms with Crippen LogP contribution in [0.25, 0.3) is 11.0 Å². The van der Waals surface area contributed by atoms with Gasteiger partial charge in [0.2, 0.25) is 5.91 Å². The van der Waals surface area contributed by atoms with E-state index in [1.54, 1.807) is 6.08 Å². The van der Waals surface area contributed by atoms with Crippen molar-refractivity contribution in [2.45, 2.75) is 6.42 Å². The Kier molecular flexibility index (Phi) is 3.89. The van der Waals surface area contributed by atoms with E-state index in [2.05, 4.69) is 21.9 Å². The molecule has 0 radical (unpaired) electrons. The summed E-state index contributed by atoms with van der Waals surface area (Å²) in [5, 5.41) is 2.94. The molecule has 1 heterocycles. The van der Waals surface area contributed by atoms with Gasteiger partial charge in [0.25, 0.3) is 0 Å². The van der Waals surface area contributed by atoms with Crippen molar-refractivity contribution in [1.82, 2.24) is 15.3 Å². The van der Waals surface area contributed by atoms with Crippen LogP contribution in [0.1, 0.15) is 5.69 Å². The van der Waals surface area contributed by atoms with Gasteiger partial charge in [-0.1, -0.05) is 29.8 Å². The molecule has 18 heavy (non-hydrogen) atoms. The lowest BCUT2D eigenvalue weighted by atomic mass is 10.2. The number of para-hydroxylation sites is 2. The molecule has 2 aromatic rings. The zero-order valence-corrected chi connectivity index (χ0v) is 10.4. The number of rotatable bonds is 4. The number of benzene rings is 1. The second-order valence-electron chi connectivity index (χ2n) is 3.72. The van der Waals surface area contributed by atoms with Gasteiger partial charge in [0.05, 0.1) is 23.1 Å². The summed E-state index contributed by atoms with van der Waals surface area (Å²) in [6.07, 6.45) is 1.73. The molecule has 0 unspecified atom stereocenters. The number of hydrogen-bond acceptors (Lipinski definition) is 3. The average Bonchev–Trinajstić information content (AvgIpc) is 2.37. The third kappa shape index (κ3) is 2.84. The lowest BCUT2D eigenvalue weighted by molar-refractivity contribution is -0.120. The fourth-order valence-electron chi connectivity index (χ4n) is 1.53. The highest BCUT2D eigenvalue weighted by atomic mass is 35.5. The van der Waals surface area contributed by atoms with Crippen LogP contribution in [0.4, 0.5) is 0 Å². The molecule has 2 rings (SSSR count). The first-order valence-electron chi connectivity index (χ1n) is 5.49. The molecule has 1 amide bonds. The molecule has 0 aliphatic rings. The van der Waals surface area contributed by atoms with E-state index >= 15 is 0 Å². The molecule has 5 heteroatoms. The second-order valence-corrected chi connectivity index (χ2v) is 4.08. The summed E-state index contributed by atoms with van der Waals surface area (Å²) < 4.78 is 0. The van der Waals surface area contributed by atoms with Crippen molar-refractivity contribution in [3.8, 4) is 0 Å². The molecule has 1 N–H and O–H groups in total. The summed E-state index contributed by atoms with van der Waals surface area (Å²) in [6, 6.07) is 7.40. The van der Waals surface area contributed by atoms with Crippen LogP contribution in [0.3, 0.4) is 0 Å². The van der Waals surface area contributed by atoms with Crippen LogP contribution in [-0.2, 0) is 11.2 Å². The van der Waals surface area contributed by atoms with Crippen LogP contribution in [-0.4, -0.2) is 22.4 Å². The van der Waals surface area contributed by atoms with Gasteiger partial charge in [0.1, 0.15) is 0 Å². The molecule has 0 aliphatic heterocycles. The zero-order valence-electron chi connectivity index (χ0n) is 9.69. The van der Waals surface area contributed by atoms with Crippen molar-refractivity contribution in [3.05, 3.63) is 47.8 Å². The summed E-state index contributed by atoms with van der Waals surface area (Å²) in [6.45, 7) is 3.96. The lowest BCUT2D eigenvalue weighted by Gasteiger charge is -2.05. The van der Waals surface area contributed by atoms with Crippen LogP contribution in [0.15, 0.2) is 36.9 Å². The van der Waals surface area contributed by atoms with E-state index in [9.17, 15) is 4.79 Å². The molecule has 0 bridgehead atoms. The molecule has 0 aliphatic carbocycles. The highest BCUT2D eigenvalue weighted by Gasteiger charge is 2.10. The SMILES string of the molecule is C=CCNC(=O)Cc1nc2ccccc2nc1Cl. The van der Waals surface area contributed by atoms with E-state index in [0.29, 0.717) is 12.2 Å². The van der Waals surface area contributed by atoms with Gasteiger partial charge < -0.3 is 5.32 Å². The Morgan fingerprint density at radius 3 is 2.67 bits per heavy atom. The van der Waals surface area contributed by atoms with E-state index in [4.69, 9.17) is 11.6 Å². The van der Waals surface area contributed by atoms with Crippen LogP contribution < -0.4 is 5.32 Å². The van der Waals surface area contributed by atoms with Crippen molar-refractivity contribution in [2.24, 2.45) is 0 Å². The van der Waals surface area contributed by atoms with Crippen LogP contribution >= 0.6 is 11.6 Å². The highest BCUT2D eigenvalue weighted by Crippen LogP contribution is 2.17. The fraction of sp³-hybridized carbons (Fsp3) is 0.154. The smallest absolute Gasteiger partial charge is 0.226 e. The molecule has 0 spiro atoms. The summed E-state index contributed by atoms with van der Waals surface area (Å²) in [5.41, 5.74) is 1.93. The predicted molar refractivity (Wildman–Crippen MR) is 71.5 cm³/mol. The molecule has 0 atom stereocenters. The van der Waals surface area contributed by atoms with E-state index in [0.717, 1.165) is 11.0 Å². The maximum Gasteiger partial charge on any atom is 0.226 e. The minimum absolute atomic E-state index is 0.116. The van der Waals surface area contributed by atoms with Gasteiger partial charge in [0.15, 0.2) is 5.15 Å². The number of carbonyl (C=O) groups excluding carboxylic acids is 1. The number of fused-ring (bicyclic) bond motifs is 1. The van der Waals surface area contributed by atoms with Gasteiger partial charge in [0, 0.05) is 6.54 Å². The third-order valence-corrected chi connectivity index (χ3v) is 2.67. The van der Waals surface area contributed by atoms with Gasteiger partial charge >= 0.3 is 0 Å². The fourth-order valence-corrected chi connectivity index (χ4v) is 1.73. The van der Waals surface area contributed by atoms with Gasteiger partial charge in [-0.25, -0.2) is 9.97 Å². The Balaban J connectivity index is 2.25. The molecule has 92 valence electrons. The van der Waals surface area contributed by atoms with E-state index < -0.39 is 0 Å². The highest BCUT2D eigenvalue weighted by molar-refractivity contribution is 6.30. The maximum absolute atomic E-state index is 11.6. The maximum atomic E-state index is 11.6. The number of aromatic nitrogens is 2. The largest absolute Gasteiger partial charge is 0.352 e. The van der Waals surface area contributed by atoms with Crippen molar-refractivity contribution < 1.29 is 4.79 Å². The van der Waals surface area contributed by atoms with Crippen molar-refractivity contribution in [3.63, 3.8) is 0 Å². The molecule has 1 aromatic heterocycles. The second kappa shape index (κ2) is 5.60. The van der Waals surface area contributed by atoms with E-state index in [1.165, 1.54) is 0 Å². The molecular formula is C13H12ClN3O. The Morgan fingerprint density at radius 1 is 1.33 bits per heavy atom. The van der Waals surface area contributed by atoms with Crippen LogP contribution in [0.5, 0.6) is 0 Å². The Hall–Kier alpha value is -1.94. The third-order valence-electron chi connectivity index (χ3n) is 2.37. The van der Waals surface area contributed by atoms with E-state index in [-0.39, 0.29) is 17.5 Å². The molecular weight excluding hydrogens is 250 g/mol. The summed E-state index contributed by atoms with van der Waals surface area (Å²) in [4.78, 5) is 20.1. The minimum atomic E-state index is -0.151. The van der Waals surface area contributed by atoms with Crippen molar-refractivity contribution in [1.29, 1.82) is 0 Å². The number of halogens is 1. The summed E-state index contributed by atoms with van der Waals surface area (Å²) >= 11 is 6.01. The monoisotopic (exact) mass is 261 g/mol. The van der Waals surface area contributed by atoms with Gasteiger partial charge in [-0.05, 0) is 12.1 Å². The lowest BCUT2D eigenvalue weighted by Crippen LogP contribution is -2.25. The molecule has 1 aromatic carbocycles. The first-order chi connectivity index (χ1) is 8.70. The Bertz CT molecular complexity index is 598. The minimum Gasteiger partial charge on any atom is -0.352 e. The summed E-state index contributed by atoms with van der Waals surface area (Å²) in [5.74, 6) is -0.151. The number of hydrogen-bond donors (Lipinski definition) is 1. The van der Waals surface area contributed by atoms with Gasteiger partial charge in [-0.2, -0.15) is 0 Å².